The van der Waals surface area contributed by atoms with Crippen LogP contribution in [0.4, 0.5) is 0 Å². The van der Waals surface area contributed by atoms with E-state index in [0.717, 1.165) is 0 Å². The lowest BCUT2D eigenvalue weighted by molar-refractivity contribution is 0.661. The van der Waals surface area contributed by atoms with Gasteiger partial charge in [-0.3, -0.25) is 0 Å². The standard InChI is InChI=1S/C43H30/c1-43(2)39-25-31(41-33-15-7-3-11-27(33)23-28-12-4-8-16-34(28)41)19-21-37(39)38-22-20-32(26-40(38)43)42-35-17-9-5-13-29(35)24-30-14-6-10-18-36(30)42/h3-26H,1-2H3. The molecule has 0 N–H and O–H groups in total. The average molecular weight is 547 g/mol. The fourth-order valence-corrected chi connectivity index (χ4v) is 7.70. The third-order valence-electron chi connectivity index (χ3n) is 9.80. The minimum atomic E-state index is -0.128. The van der Waals surface area contributed by atoms with Gasteiger partial charge in [-0.15, -0.1) is 0 Å². The average Bonchev–Trinajstić information content (AvgIpc) is 3.27. The van der Waals surface area contributed by atoms with Crippen LogP contribution >= 0.6 is 0 Å². The molecular formula is C43H30. The maximum absolute atomic E-state index is 2.47. The van der Waals surface area contributed by atoms with Gasteiger partial charge in [0.05, 0.1) is 0 Å². The van der Waals surface area contributed by atoms with Gasteiger partial charge in [0.25, 0.3) is 0 Å². The highest BCUT2D eigenvalue weighted by atomic mass is 14.4. The topological polar surface area (TPSA) is 0 Å². The molecule has 8 aromatic rings. The summed E-state index contributed by atoms with van der Waals surface area (Å²) in [7, 11) is 0. The summed E-state index contributed by atoms with van der Waals surface area (Å²) in [4.78, 5) is 0. The Kier molecular flexibility index (Phi) is 5.05. The molecule has 0 aromatic heterocycles. The molecule has 1 aliphatic carbocycles. The van der Waals surface area contributed by atoms with E-state index in [1.54, 1.807) is 0 Å². The van der Waals surface area contributed by atoms with E-state index in [2.05, 4.69) is 159 Å². The SMILES string of the molecule is CC1(C)c2cc(-c3c4ccccc4cc4ccccc34)ccc2-c2ccc(-c3c4ccccc4cc4ccccc34)cc21. The molecule has 1 aliphatic rings. The number of benzene rings is 8. The molecule has 0 spiro atoms. The van der Waals surface area contributed by atoms with Crippen LogP contribution in [0.2, 0.25) is 0 Å². The minimum absolute atomic E-state index is 0.128. The first-order valence-electron chi connectivity index (χ1n) is 15.2. The number of rotatable bonds is 2. The Morgan fingerprint density at radius 3 is 1.02 bits per heavy atom. The Morgan fingerprint density at radius 2 is 0.674 bits per heavy atom. The van der Waals surface area contributed by atoms with Crippen LogP contribution in [-0.4, -0.2) is 0 Å². The summed E-state index contributed by atoms with van der Waals surface area (Å²) in [6.45, 7) is 4.79. The molecular weight excluding hydrogens is 516 g/mol. The van der Waals surface area contributed by atoms with Crippen molar-refractivity contribution >= 4 is 43.1 Å². The highest BCUT2D eigenvalue weighted by molar-refractivity contribution is 6.14. The van der Waals surface area contributed by atoms with Crippen molar-refractivity contribution in [1.29, 1.82) is 0 Å². The second-order valence-corrected chi connectivity index (χ2v) is 12.5. The van der Waals surface area contributed by atoms with E-state index in [1.165, 1.54) is 87.6 Å². The van der Waals surface area contributed by atoms with E-state index in [0.29, 0.717) is 0 Å². The summed E-state index contributed by atoms with van der Waals surface area (Å²) in [6, 6.07) is 54.2. The van der Waals surface area contributed by atoms with Gasteiger partial charge in [-0.2, -0.15) is 0 Å². The largest absolute Gasteiger partial charge is 0.0616 e. The lowest BCUT2D eigenvalue weighted by Crippen LogP contribution is -2.15. The van der Waals surface area contributed by atoms with Crippen LogP contribution in [0.1, 0.15) is 25.0 Å². The van der Waals surface area contributed by atoms with Crippen LogP contribution in [0.15, 0.2) is 146 Å². The summed E-state index contributed by atoms with van der Waals surface area (Å²) in [5, 5.41) is 10.4. The molecule has 9 rings (SSSR count). The molecule has 0 fully saturated rings. The van der Waals surface area contributed by atoms with Crippen molar-refractivity contribution in [3.8, 4) is 33.4 Å². The summed E-state index contributed by atoms with van der Waals surface area (Å²) in [6.07, 6.45) is 0. The van der Waals surface area contributed by atoms with Gasteiger partial charge in [0.1, 0.15) is 0 Å². The Balaban J connectivity index is 1.26. The summed E-state index contributed by atoms with van der Waals surface area (Å²) < 4.78 is 0. The van der Waals surface area contributed by atoms with Gasteiger partial charge in [-0.05, 0) is 112 Å². The van der Waals surface area contributed by atoms with Gasteiger partial charge in [0, 0.05) is 5.41 Å². The zero-order valence-corrected chi connectivity index (χ0v) is 24.4. The smallest absolute Gasteiger partial charge is 0.0159 e. The fraction of sp³-hybridized carbons (Fsp3) is 0.0698. The molecule has 8 aromatic carbocycles. The Labute approximate surface area is 251 Å². The molecule has 0 nitrogen and oxygen atoms in total. The molecule has 202 valence electrons. The molecule has 0 amide bonds. The molecule has 0 saturated carbocycles. The van der Waals surface area contributed by atoms with Crippen molar-refractivity contribution in [1.82, 2.24) is 0 Å². The van der Waals surface area contributed by atoms with E-state index in [9.17, 15) is 0 Å². The molecule has 0 atom stereocenters. The molecule has 0 saturated heterocycles. The van der Waals surface area contributed by atoms with Crippen molar-refractivity contribution in [2.45, 2.75) is 19.3 Å². The van der Waals surface area contributed by atoms with Crippen molar-refractivity contribution in [2.24, 2.45) is 0 Å². The molecule has 0 unspecified atom stereocenters. The number of hydrogen-bond acceptors (Lipinski definition) is 0. The highest BCUT2D eigenvalue weighted by Crippen LogP contribution is 2.52. The molecule has 0 heteroatoms. The van der Waals surface area contributed by atoms with Crippen molar-refractivity contribution in [3.05, 3.63) is 157 Å². The van der Waals surface area contributed by atoms with Gasteiger partial charge in [0.2, 0.25) is 0 Å². The first-order chi connectivity index (χ1) is 21.1. The summed E-state index contributed by atoms with van der Waals surface area (Å²) in [5.41, 5.74) is 10.6. The van der Waals surface area contributed by atoms with Crippen LogP contribution < -0.4 is 0 Å². The highest BCUT2D eigenvalue weighted by Gasteiger charge is 2.36. The molecule has 0 bridgehead atoms. The van der Waals surface area contributed by atoms with Crippen LogP contribution in [0.25, 0.3) is 76.5 Å². The van der Waals surface area contributed by atoms with Gasteiger partial charge in [-0.1, -0.05) is 135 Å². The lowest BCUT2D eigenvalue weighted by atomic mass is 9.80. The lowest BCUT2D eigenvalue weighted by Gasteiger charge is -2.23. The second kappa shape index (κ2) is 8.90. The zero-order valence-electron chi connectivity index (χ0n) is 24.4. The Bertz CT molecular complexity index is 2140. The normalized spacial score (nSPS) is 13.5. The van der Waals surface area contributed by atoms with E-state index in [4.69, 9.17) is 0 Å². The first-order valence-corrected chi connectivity index (χ1v) is 15.2. The monoisotopic (exact) mass is 546 g/mol. The maximum atomic E-state index is 2.47. The Hall–Kier alpha value is -5.20. The third-order valence-corrected chi connectivity index (χ3v) is 9.80. The molecule has 43 heavy (non-hydrogen) atoms. The van der Waals surface area contributed by atoms with Gasteiger partial charge >= 0.3 is 0 Å². The van der Waals surface area contributed by atoms with Gasteiger partial charge in [-0.25, -0.2) is 0 Å². The molecule has 0 radical (unpaired) electrons. The summed E-state index contributed by atoms with van der Waals surface area (Å²) in [5.74, 6) is 0. The van der Waals surface area contributed by atoms with Crippen molar-refractivity contribution in [2.75, 3.05) is 0 Å². The quantitative estimate of drug-likeness (QED) is 0.189. The fourth-order valence-electron chi connectivity index (χ4n) is 7.70. The number of hydrogen-bond donors (Lipinski definition) is 0. The number of fused-ring (bicyclic) bond motifs is 7. The first kappa shape index (κ1) is 24.4. The van der Waals surface area contributed by atoms with Crippen molar-refractivity contribution in [3.63, 3.8) is 0 Å². The van der Waals surface area contributed by atoms with Crippen LogP contribution in [0.3, 0.4) is 0 Å². The molecule has 0 aliphatic heterocycles. The maximum Gasteiger partial charge on any atom is 0.0159 e. The Morgan fingerprint density at radius 1 is 0.349 bits per heavy atom. The van der Waals surface area contributed by atoms with Crippen LogP contribution in [0.5, 0.6) is 0 Å². The minimum Gasteiger partial charge on any atom is -0.0616 e. The van der Waals surface area contributed by atoms with Crippen molar-refractivity contribution < 1.29 is 0 Å². The third kappa shape index (κ3) is 3.50. The second-order valence-electron chi connectivity index (χ2n) is 12.5. The predicted molar refractivity (Wildman–Crippen MR) is 185 cm³/mol. The van der Waals surface area contributed by atoms with E-state index >= 15 is 0 Å². The van der Waals surface area contributed by atoms with E-state index in [1.807, 2.05) is 0 Å². The molecule has 0 heterocycles. The van der Waals surface area contributed by atoms with Crippen LogP contribution in [-0.2, 0) is 5.41 Å². The van der Waals surface area contributed by atoms with E-state index in [-0.39, 0.29) is 5.41 Å². The van der Waals surface area contributed by atoms with Gasteiger partial charge in [0.15, 0.2) is 0 Å². The van der Waals surface area contributed by atoms with E-state index < -0.39 is 0 Å². The zero-order chi connectivity index (χ0) is 28.7. The summed E-state index contributed by atoms with van der Waals surface area (Å²) >= 11 is 0. The predicted octanol–water partition coefficient (Wildman–Crippen LogP) is 11.9. The van der Waals surface area contributed by atoms with Gasteiger partial charge < -0.3 is 0 Å². The van der Waals surface area contributed by atoms with Crippen LogP contribution in [0, 0.1) is 0 Å².